The molecule has 0 radical (unpaired) electrons. The van der Waals surface area contributed by atoms with Crippen LogP contribution in [0.5, 0.6) is 0 Å². The predicted molar refractivity (Wildman–Crippen MR) is 105 cm³/mol. The minimum atomic E-state index is -0.441. The molecule has 3 rings (SSSR count). The van der Waals surface area contributed by atoms with Gasteiger partial charge in [0, 0.05) is 35.9 Å². The summed E-state index contributed by atoms with van der Waals surface area (Å²) in [5.74, 6) is 0. The number of hydrogen-bond acceptors (Lipinski definition) is 4. The lowest BCUT2D eigenvalue weighted by molar-refractivity contribution is 0.277. The molecule has 0 aliphatic heterocycles. The van der Waals surface area contributed by atoms with E-state index in [4.69, 9.17) is 16.7 Å². The number of aliphatic hydroxyl groups is 1. The maximum absolute atomic E-state index is 13.0. The highest BCUT2D eigenvalue weighted by Crippen LogP contribution is 2.25. The normalized spacial score (nSPS) is 11.2. The van der Waals surface area contributed by atoms with Gasteiger partial charge in [0.15, 0.2) is 0 Å². The van der Waals surface area contributed by atoms with E-state index >= 15 is 0 Å². The topological polar surface area (TPSA) is 77.1 Å². The third-order valence-electron chi connectivity index (χ3n) is 4.24. The van der Waals surface area contributed by atoms with Gasteiger partial charge in [-0.15, -0.1) is 0 Å². The molecular formula is C18H17BrClN3O3. The van der Waals surface area contributed by atoms with Gasteiger partial charge in [0.2, 0.25) is 0 Å². The summed E-state index contributed by atoms with van der Waals surface area (Å²) < 4.78 is 3.22. The zero-order valence-corrected chi connectivity index (χ0v) is 16.4. The Bertz CT molecular complexity index is 1070. The van der Waals surface area contributed by atoms with Gasteiger partial charge in [0.05, 0.1) is 5.39 Å². The van der Waals surface area contributed by atoms with Crippen LogP contribution in [0.2, 0.25) is 5.02 Å². The number of benzene rings is 1. The van der Waals surface area contributed by atoms with Crippen LogP contribution in [0.25, 0.3) is 11.0 Å². The molecule has 0 atom stereocenters. The summed E-state index contributed by atoms with van der Waals surface area (Å²) in [6.07, 6.45) is 2.42. The Morgan fingerprint density at radius 2 is 1.92 bits per heavy atom. The van der Waals surface area contributed by atoms with E-state index in [0.29, 0.717) is 33.4 Å². The fraction of sp³-hybridized carbons (Fsp3) is 0.278. The molecule has 0 aliphatic carbocycles. The van der Waals surface area contributed by atoms with E-state index in [-0.39, 0.29) is 13.2 Å². The number of pyridine rings is 1. The molecule has 3 aromatic rings. The molecule has 136 valence electrons. The monoisotopic (exact) mass is 437 g/mol. The van der Waals surface area contributed by atoms with Gasteiger partial charge in [-0.05, 0) is 52.0 Å². The van der Waals surface area contributed by atoms with Crippen molar-refractivity contribution in [3.8, 4) is 0 Å². The van der Waals surface area contributed by atoms with Crippen molar-refractivity contribution in [1.82, 2.24) is 14.1 Å². The third kappa shape index (κ3) is 3.47. The summed E-state index contributed by atoms with van der Waals surface area (Å²) in [6.45, 7) is 0.0623. The van der Waals surface area contributed by atoms with Gasteiger partial charge >= 0.3 is 5.69 Å². The number of aryl methyl sites for hydroxylation is 1. The second-order valence-electron chi connectivity index (χ2n) is 5.96. The summed E-state index contributed by atoms with van der Waals surface area (Å²) in [5, 5.41) is 10.1. The van der Waals surface area contributed by atoms with Crippen molar-refractivity contribution >= 4 is 38.6 Å². The van der Waals surface area contributed by atoms with Crippen LogP contribution in [-0.4, -0.2) is 25.8 Å². The number of fused-ring (bicyclic) bond motifs is 1. The van der Waals surface area contributed by atoms with Gasteiger partial charge in [-0.25, -0.2) is 9.78 Å². The van der Waals surface area contributed by atoms with Crippen LogP contribution in [0.1, 0.15) is 17.5 Å². The molecule has 0 bridgehead atoms. The average Bonchev–Trinajstić information content (AvgIpc) is 2.63. The minimum Gasteiger partial charge on any atom is -0.396 e. The third-order valence-corrected chi connectivity index (χ3v) is 5.18. The van der Waals surface area contributed by atoms with Crippen LogP contribution in [0.15, 0.2) is 44.5 Å². The maximum Gasteiger partial charge on any atom is 0.332 e. The van der Waals surface area contributed by atoms with E-state index in [2.05, 4.69) is 20.9 Å². The molecule has 0 unspecified atom stereocenters. The minimum absolute atomic E-state index is 0.0952. The lowest BCUT2D eigenvalue weighted by atomic mass is 10.0. The standard InChI is InChI=1S/C18H17BrClN3O3/c1-22-16-15(17(25)23(18(22)26)7-2-8-24)13(14(19)10-21-16)9-11-3-5-12(20)6-4-11/h3-6,10,24H,2,7-9H2,1H3. The van der Waals surface area contributed by atoms with E-state index in [1.807, 2.05) is 12.1 Å². The van der Waals surface area contributed by atoms with Crippen LogP contribution in [0.4, 0.5) is 0 Å². The molecule has 8 heteroatoms. The molecule has 0 fully saturated rings. The number of rotatable bonds is 5. The molecule has 0 saturated heterocycles. The van der Waals surface area contributed by atoms with Gasteiger partial charge in [-0.1, -0.05) is 23.7 Å². The largest absolute Gasteiger partial charge is 0.396 e. The number of aliphatic hydroxyl groups excluding tert-OH is 1. The number of hydrogen-bond donors (Lipinski definition) is 1. The highest BCUT2D eigenvalue weighted by Gasteiger charge is 2.17. The maximum atomic E-state index is 13.0. The lowest BCUT2D eigenvalue weighted by Crippen LogP contribution is -2.40. The Labute approximate surface area is 162 Å². The van der Waals surface area contributed by atoms with Crippen molar-refractivity contribution in [2.75, 3.05) is 6.61 Å². The van der Waals surface area contributed by atoms with Crippen molar-refractivity contribution in [3.63, 3.8) is 0 Å². The molecule has 1 aromatic carbocycles. The first-order valence-electron chi connectivity index (χ1n) is 8.06. The van der Waals surface area contributed by atoms with Crippen LogP contribution >= 0.6 is 27.5 Å². The van der Waals surface area contributed by atoms with Crippen molar-refractivity contribution < 1.29 is 5.11 Å². The molecular weight excluding hydrogens is 422 g/mol. The van der Waals surface area contributed by atoms with Gasteiger partial charge in [0.1, 0.15) is 5.65 Å². The summed E-state index contributed by atoms with van der Waals surface area (Å²) in [4.78, 5) is 29.8. The number of aromatic nitrogens is 3. The summed E-state index contributed by atoms with van der Waals surface area (Å²) in [6, 6.07) is 7.38. The average molecular weight is 439 g/mol. The molecule has 0 amide bonds. The zero-order chi connectivity index (χ0) is 18.8. The number of halogens is 2. The van der Waals surface area contributed by atoms with Gasteiger partial charge in [-0.3, -0.25) is 13.9 Å². The molecule has 0 saturated carbocycles. The van der Waals surface area contributed by atoms with Crippen LogP contribution in [-0.2, 0) is 20.0 Å². The van der Waals surface area contributed by atoms with Crippen LogP contribution in [0.3, 0.4) is 0 Å². The summed E-state index contributed by atoms with van der Waals surface area (Å²) in [5.41, 5.74) is 1.25. The molecule has 26 heavy (non-hydrogen) atoms. The van der Waals surface area contributed by atoms with E-state index in [0.717, 1.165) is 15.7 Å². The fourth-order valence-corrected chi connectivity index (χ4v) is 3.46. The number of nitrogens with zero attached hydrogens (tertiary/aromatic N) is 3. The van der Waals surface area contributed by atoms with E-state index in [1.165, 1.54) is 4.57 Å². The molecule has 2 heterocycles. The second-order valence-corrected chi connectivity index (χ2v) is 7.25. The fourth-order valence-electron chi connectivity index (χ4n) is 2.89. The van der Waals surface area contributed by atoms with Crippen molar-refractivity contribution in [2.45, 2.75) is 19.4 Å². The molecule has 0 spiro atoms. The van der Waals surface area contributed by atoms with Crippen molar-refractivity contribution in [3.05, 3.63) is 71.9 Å². The van der Waals surface area contributed by atoms with E-state index in [9.17, 15) is 9.59 Å². The van der Waals surface area contributed by atoms with Crippen molar-refractivity contribution in [1.29, 1.82) is 0 Å². The summed E-state index contributed by atoms with van der Waals surface area (Å²) >= 11 is 9.42. The Morgan fingerprint density at radius 3 is 2.58 bits per heavy atom. The first kappa shape index (κ1) is 18.8. The molecule has 2 aromatic heterocycles. The zero-order valence-electron chi connectivity index (χ0n) is 14.1. The van der Waals surface area contributed by atoms with Crippen LogP contribution < -0.4 is 11.2 Å². The quantitative estimate of drug-likeness (QED) is 0.664. The van der Waals surface area contributed by atoms with Gasteiger partial charge in [0.25, 0.3) is 5.56 Å². The Morgan fingerprint density at radius 1 is 1.23 bits per heavy atom. The lowest BCUT2D eigenvalue weighted by Gasteiger charge is -2.14. The first-order valence-corrected chi connectivity index (χ1v) is 9.23. The SMILES string of the molecule is Cn1c(=O)n(CCCO)c(=O)c2c(Cc3ccc(Cl)cc3)c(Br)cnc21. The molecule has 6 nitrogen and oxygen atoms in total. The smallest absolute Gasteiger partial charge is 0.332 e. The predicted octanol–water partition coefficient (Wildman–Crippen LogP) is 2.48. The Kier molecular flexibility index (Phi) is 5.60. The highest BCUT2D eigenvalue weighted by atomic mass is 79.9. The molecule has 1 N–H and O–H groups in total. The van der Waals surface area contributed by atoms with Crippen LogP contribution in [0, 0.1) is 0 Å². The van der Waals surface area contributed by atoms with E-state index < -0.39 is 11.2 Å². The Balaban J connectivity index is 2.26. The summed E-state index contributed by atoms with van der Waals surface area (Å²) in [7, 11) is 1.59. The first-order chi connectivity index (χ1) is 12.4. The van der Waals surface area contributed by atoms with E-state index in [1.54, 1.807) is 25.4 Å². The van der Waals surface area contributed by atoms with Crippen molar-refractivity contribution in [2.24, 2.45) is 7.05 Å². The second kappa shape index (κ2) is 7.73. The highest BCUT2D eigenvalue weighted by molar-refractivity contribution is 9.10. The van der Waals surface area contributed by atoms with Gasteiger partial charge < -0.3 is 5.11 Å². The van der Waals surface area contributed by atoms with Gasteiger partial charge in [-0.2, -0.15) is 0 Å². The molecule has 0 aliphatic rings. The Hall–Kier alpha value is -1.96.